The maximum absolute atomic E-state index is 12.3. The topological polar surface area (TPSA) is 97.1 Å². The van der Waals surface area contributed by atoms with Crippen LogP contribution in [0.25, 0.3) is 0 Å². The monoisotopic (exact) mass is 267 g/mol. The molecule has 7 heteroatoms. The maximum atomic E-state index is 12.3. The first-order valence-corrected chi connectivity index (χ1v) is 6.57. The largest absolute Gasteiger partial charge is 0.373 e. The quantitative estimate of drug-likeness (QED) is 0.810. The molecular weight excluding hydrogens is 246 g/mol. The van der Waals surface area contributed by atoms with Crippen molar-refractivity contribution in [2.75, 3.05) is 19.7 Å². The fourth-order valence-electron chi connectivity index (χ4n) is 1.95. The minimum Gasteiger partial charge on any atom is -0.373 e. The summed E-state index contributed by atoms with van der Waals surface area (Å²) in [6.07, 6.45) is -0.124. The number of carbonyl (C=O) groups is 1. The third-order valence-corrected chi connectivity index (χ3v) is 3.21. The Hall–Kier alpha value is -1.47. The van der Waals surface area contributed by atoms with Gasteiger partial charge in [-0.2, -0.15) is 0 Å². The first-order valence-electron chi connectivity index (χ1n) is 6.57. The van der Waals surface area contributed by atoms with E-state index in [4.69, 9.17) is 10.5 Å². The molecule has 1 aromatic rings. The summed E-state index contributed by atoms with van der Waals surface area (Å²) in [5.41, 5.74) is 5.81. The highest BCUT2D eigenvalue weighted by Gasteiger charge is 2.29. The fourth-order valence-corrected chi connectivity index (χ4v) is 1.95. The van der Waals surface area contributed by atoms with Crippen LogP contribution in [0.3, 0.4) is 0 Å². The van der Waals surface area contributed by atoms with Crippen molar-refractivity contribution in [2.45, 2.75) is 38.8 Å². The van der Waals surface area contributed by atoms with Gasteiger partial charge in [-0.1, -0.05) is 13.8 Å². The minimum absolute atomic E-state index is 0.103. The zero-order chi connectivity index (χ0) is 14.0. The van der Waals surface area contributed by atoms with Crippen molar-refractivity contribution < 1.29 is 9.53 Å². The van der Waals surface area contributed by atoms with Crippen molar-refractivity contribution >= 4 is 5.91 Å². The van der Waals surface area contributed by atoms with Gasteiger partial charge in [0.1, 0.15) is 5.82 Å². The van der Waals surface area contributed by atoms with E-state index in [-0.39, 0.29) is 29.8 Å². The number of aromatic amines is 1. The molecule has 0 aliphatic carbocycles. The van der Waals surface area contributed by atoms with Gasteiger partial charge in [0.2, 0.25) is 5.82 Å². The molecular formula is C12H21N5O2. The van der Waals surface area contributed by atoms with Gasteiger partial charge in [0.15, 0.2) is 0 Å². The van der Waals surface area contributed by atoms with Gasteiger partial charge in [0, 0.05) is 25.0 Å². The summed E-state index contributed by atoms with van der Waals surface area (Å²) >= 11 is 0. The van der Waals surface area contributed by atoms with Crippen LogP contribution in [-0.2, 0) is 4.74 Å². The first-order chi connectivity index (χ1) is 8.99. The third kappa shape index (κ3) is 3.10. The number of aromatic nitrogens is 3. The summed E-state index contributed by atoms with van der Waals surface area (Å²) in [4.78, 5) is 18.2. The normalized spacial score (nSPS) is 21.7. The van der Waals surface area contributed by atoms with E-state index in [1.54, 1.807) is 4.90 Å². The van der Waals surface area contributed by atoms with E-state index in [0.29, 0.717) is 19.7 Å². The summed E-state index contributed by atoms with van der Waals surface area (Å²) in [7, 11) is 0. The maximum Gasteiger partial charge on any atom is 0.293 e. The summed E-state index contributed by atoms with van der Waals surface area (Å²) < 4.78 is 5.53. The lowest BCUT2D eigenvalue weighted by Gasteiger charge is -2.34. The summed E-state index contributed by atoms with van der Waals surface area (Å²) in [5, 5.41) is 6.78. The van der Waals surface area contributed by atoms with Gasteiger partial charge in [-0.05, 0) is 6.92 Å². The lowest BCUT2D eigenvalue weighted by atomic mass is 10.1. The second-order valence-electron chi connectivity index (χ2n) is 5.22. The van der Waals surface area contributed by atoms with Gasteiger partial charge >= 0.3 is 0 Å². The Morgan fingerprint density at radius 1 is 1.53 bits per heavy atom. The number of amides is 1. The number of hydrogen-bond donors (Lipinski definition) is 2. The van der Waals surface area contributed by atoms with E-state index < -0.39 is 0 Å². The van der Waals surface area contributed by atoms with E-state index >= 15 is 0 Å². The second-order valence-corrected chi connectivity index (χ2v) is 5.22. The number of nitrogens with two attached hydrogens (primary N) is 1. The van der Waals surface area contributed by atoms with E-state index in [1.807, 2.05) is 20.8 Å². The van der Waals surface area contributed by atoms with Crippen LogP contribution in [0.4, 0.5) is 0 Å². The Morgan fingerprint density at radius 2 is 2.26 bits per heavy atom. The average Bonchev–Trinajstić information content (AvgIpc) is 2.87. The Morgan fingerprint density at radius 3 is 2.84 bits per heavy atom. The highest BCUT2D eigenvalue weighted by atomic mass is 16.5. The molecule has 0 spiro atoms. The molecule has 0 saturated carbocycles. The number of hydrogen-bond acceptors (Lipinski definition) is 5. The van der Waals surface area contributed by atoms with Gasteiger partial charge < -0.3 is 15.4 Å². The van der Waals surface area contributed by atoms with E-state index in [1.165, 1.54) is 0 Å². The predicted octanol–water partition coefficient (Wildman–Crippen LogP) is 0.116. The molecule has 1 fully saturated rings. The fraction of sp³-hybridized carbons (Fsp3) is 0.750. The van der Waals surface area contributed by atoms with Gasteiger partial charge in [-0.3, -0.25) is 9.89 Å². The molecule has 0 bridgehead atoms. The number of nitrogens with one attached hydrogen (secondary N) is 1. The van der Waals surface area contributed by atoms with Crippen molar-refractivity contribution in [1.29, 1.82) is 0 Å². The van der Waals surface area contributed by atoms with E-state index in [0.717, 1.165) is 5.82 Å². The number of morpholine rings is 1. The smallest absolute Gasteiger partial charge is 0.293 e. The standard InChI is InChI=1S/C12H21N5O2/c1-7(2)10-14-11(16-15-10)12(18)17-4-5-19-9(6-17)8(3)13/h7-9H,4-6,13H2,1-3H3,(H,14,15,16). The van der Waals surface area contributed by atoms with Crippen LogP contribution in [0.1, 0.15) is 43.1 Å². The molecule has 2 rings (SSSR count). The van der Waals surface area contributed by atoms with Crippen LogP contribution in [-0.4, -0.2) is 57.8 Å². The number of H-pyrrole nitrogens is 1. The highest BCUT2D eigenvalue weighted by Crippen LogP contribution is 2.12. The van der Waals surface area contributed by atoms with Gasteiger partial charge in [0.05, 0.1) is 12.7 Å². The molecule has 1 aliphatic heterocycles. The van der Waals surface area contributed by atoms with Crippen LogP contribution in [0.2, 0.25) is 0 Å². The van der Waals surface area contributed by atoms with Gasteiger partial charge in [0.25, 0.3) is 5.91 Å². The number of ether oxygens (including phenoxy) is 1. The third-order valence-electron chi connectivity index (χ3n) is 3.21. The molecule has 0 aromatic carbocycles. The molecule has 2 atom stereocenters. The van der Waals surface area contributed by atoms with Crippen LogP contribution in [0.5, 0.6) is 0 Å². The van der Waals surface area contributed by atoms with E-state index in [2.05, 4.69) is 15.2 Å². The van der Waals surface area contributed by atoms with Crippen molar-refractivity contribution in [2.24, 2.45) is 5.73 Å². The van der Waals surface area contributed by atoms with Gasteiger partial charge in [-0.25, -0.2) is 4.98 Å². The van der Waals surface area contributed by atoms with Crippen LogP contribution in [0, 0.1) is 0 Å². The average molecular weight is 267 g/mol. The van der Waals surface area contributed by atoms with Crippen LogP contribution in [0.15, 0.2) is 0 Å². The molecule has 0 radical (unpaired) electrons. The lowest BCUT2D eigenvalue weighted by molar-refractivity contribution is -0.0303. The molecule has 106 valence electrons. The molecule has 1 aromatic heterocycles. The predicted molar refractivity (Wildman–Crippen MR) is 69.8 cm³/mol. The summed E-state index contributed by atoms with van der Waals surface area (Å²) in [5.74, 6) is 0.988. The first kappa shape index (κ1) is 14.0. The Labute approximate surface area is 112 Å². The minimum atomic E-state index is -0.169. The molecule has 19 heavy (non-hydrogen) atoms. The van der Waals surface area contributed by atoms with Crippen molar-refractivity contribution in [3.63, 3.8) is 0 Å². The van der Waals surface area contributed by atoms with Crippen LogP contribution >= 0.6 is 0 Å². The Kier molecular flexibility index (Phi) is 4.16. The van der Waals surface area contributed by atoms with Crippen LogP contribution < -0.4 is 5.73 Å². The molecule has 7 nitrogen and oxygen atoms in total. The zero-order valence-electron chi connectivity index (χ0n) is 11.6. The molecule has 3 N–H and O–H groups in total. The highest BCUT2D eigenvalue weighted by molar-refractivity contribution is 5.90. The molecule has 2 unspecified atom stereocenters. The van der Waals surface area contributed by atoms with E-state index in [9.17, 15) is 4.79 Å². The zero-order valence-corrected chi connectivity index (χ0v) is 11.6. The Balaban J connectivity index is 2.06. The molecule has 1 saturated heterocycles. The van der Waals surface area contributed by atoms with Gasteiger partial charge in [-0.15, -0.1) is 5.10 Å². The molecule has 1 aliphatic rings. The number of rotatable bonds is 3. The number of nitrogens with zero attached hydrogens (tertiary/aromatic N) is 3. The molecule has 1 amide bonds. The summed E-state index contributed by atoms with van der Waals surface area (Å²) in [6.45, 7) is 7.41. The van der Waals surface area contributed by atoms with Crippen molar-refractivity contribution in [3.05, 3.63) is 11.6 Å². The lowest BCUT2D eigenvalue weighted by Crippen LogP contribution is -2.51. The number of carbonyl (C=O) groups excluding carboxylic acids is 1. The molecule has 2 heterocycles. The SMILES string of the molecule is CC(C)c1nc(C(=O)N2CCOC(C(C)N)C2)n[nH]1. The Bertz CT molecular complexity index is 443. The van der Waals surface area contributed by atoms with Crippen molar-refractivity contribution in [3.8, 4) is 0 Å². The van der Waals surface area contributed by atoms with Crippen molar-refractivity contribution in [1.82, 2.24) is 20.1 Å². The second kappa shape index (κ2) is 5.66. The summed E-state index contributed by atoms with van der Waals surface area (Å²) in [6, 6.07) is -0.103.